The summed E-state index contributed by atoms with van der Waals surface area (Å²) < 4.78 is 10.6. The van der Waals surface area contributed by atoms with Gasteiger partial charge in [0, 0.05) is 6.42 Å². The predicted molar refractivity (Wildman–Crippen MR) is 102 cm³/mol. The fourth-order valence-corrected chi connectivity index (χ4v) is 2.65. The Kier molecular flexibility index (Phi) is 5.14. The second kappa shape index (κ2) is 7.67. The first-order chi connectivity index (χ1) is 12.2. The van der Waals surface area contributed by atoms with Crippen LogP contribution in [0, 0.1) is 0 Å². The molecule has 3 rings (SSSR count). The molecule has 0 heterocycles. The predicted octanol–water partition coefficient (Wildman–Crippen LogP) is 5.33. The molecular weight excluding hydrogens is 312 g/mol. The molecule has 0 N–H and O–H groups in total. The smallest absolute Gasteiger partial charge is 0.311 e. The summed E-state index contributed by atoms with van der Waals surface area (Å²) in [6.07, 6.45) is 4.43. The number of carbonyl (C=O) groups excluding carboxylic acids is 1. The van der Waals surface area contributed by atoms with Crippen LogP contribution in [0.4, 0.5) is 0 Å². The third kappa shape index (κ3) is 3.89. The van der Waals surface area contributed by atoms with E-state index in [9.17, 15) is 4.79 Å². The molecule has 0 atom stereocenters. The Morgan fingerprint density at radius 3 is 2.56 bits per heavy atom. The van der Waals surface area contributed by atoms with Gasteiger partial charge in [-0.05, 0) is 34.0 Å². The quantitative estimate of drug-likeness (QED) is 0.360. The zero-order chi connectivity index (χ0) is 17.6. The topological polar surface area (TPSA) is 35.5 Å². The van der Waals surface area contributed by atoms with Gasteiger partial charge in [0.05, 0.1) is 7.11 Å². The first-order valence-corrected chi connectivity index (χ1v) is 8.26. The second-order valence-electron chi connectivity index (χ2n) is 5.64. The molecule has 0 spiro atoms. The van der Waals surface area contributed by atoms with E-state index < -0.39 is 0 Å². The molecule has 3 aromatic carbocycles. The summed E-state index contributed by atoms with van der Waals surface area (Å²) in [6, 6.07) is 20.1. The SMILES string of the molecule is CCC(=O)Oc1ccc(/C=C/c2cccc3ccccc23)cc1OC. The molecule has 0 saturated heterocycles. The van der Waals surface area contributed by atoms with E-state index in [1.807, 2.05) is 30.3 Å². The highest BCUT2D eigenvalue weighted by Gasteiger charge is 2.08. The second-order valence-corrected chi connectivity index (χ2v) is 5.64. The number of hydrogen-bond acceptors (Lipinski definition) is 3. The number of esters is 1. The summed E-state index contributed by atoms with van der Waals surface area (Å²) in [5.41, 5.74) is 2.12. The number of carbonyl (C=O) groups is 1. The molecule has 25 heavy (non-hydrogen) atoms. The van der Waals surface area contributed by atoms with Crippen LogP contribution in [0.5, 0.6) is 11.5 Å². The first kappa shape index (κ1) is 16.8. The van der Waals surface area contributed by atoms with Crippen molar-refractivity contribution < 1.29 is 14.3 Å². The molecule has 0 aliphatic heterocycles. The van der Waals surface area contributed by atoms with Gasteiger partial charge in [-0.25, -0.2) is 0 Å². The Bertz CT molecular complexity index is 920. The van der Waals surface area contributed by atoms with Crippen LogP contribution >= 0.6 is 0 Å². The fraction of sp³-hybridized carbons (Fsp3) is 0.136. The summed E-state index contributed by atoms with van der Waals surface area (Å²) in [7, 11) is 1.57. The van der Waals surface area contributed by atoms with Crippen LogP contribution in [-0.2, 0) is 4.79 Å². The van der Waals surface area contributed by atoms with Crippen LogP contribution in [0.1, 0.15) is 24.5 Å². The normalized spacial score (nSPS) is 11.0. The number of fused-ring (bicyclic) bond motifs is 1. The van der Waals surface area contributed by atoms with Gasteiger partial charge < -0.3 is 9.47 Å². The number of rotatable bonds is 5. The third-order valence-electron chi connectivity index (χ3n) is 3.98. The maximum absolute atomic E-state index is 11.5. The van der Waals surface area contributed by atoms with Gasteiger partial charge in [-0.2, -0.15) is 0 Å². The molecule has 0 unspecified atom stereocenters. The number of ether oxygens (including phenoxy) is 2. The molecule has 126 valence electrons. The Hall–Kier alpha value is -3.07. The van der Waals surface area contributed by atoms with Gasteiger partial charge in [-0.15, -0.1) is 0 Å². The first-order valence-electron chi connectivity index (χ1n) is 8.26. The largest absolute Gasteiger partial charge is 0.493 e. The molecule has 3 heteroatoms. The minimum atomic E-state index is -0.280. The maximum Gasteiger partial charge on any atom is 0.311 e. The average Bonchev–Trinajstić information content (AvgIpc) is 2.66. The highest BCUT2D eigenvalue weighted by atomic mass is 16.6. The summed E-state index contributed by atoms with van der Waals surface area (Å²) in [5, 5.41) is 2.42. The van der Waals surface area contributed by atoms with Crippen molar-refractivity contribution in [3.05, 3.63) is 71.8 Å². The summed E-state index contributed by atoms with van der Waals surface area (Å²) in [6.45, 7) is 1.76. The van der Waals surface area contributed by atoms with Crippen LogP contribution in [0.2, 0.25) is 0 Å². The van der Waals surface area contributed by atoms with E-state index >= 15 is 0 Å². The van der Waals surface area contributed by atoms with Crippen molar-refractivity contribution in [2.75, 3.05) is 7.11 Å². The molecule has 3 aromatic rings. The lowest BCUT2D eigenvalue weighted by molar-refractivity contribution is -0.134. The lowest BCUT2D eigenvalue weighted by Gasteiger charge is -2.09. The Morgan fingerprint density at radius 1 is 0.960 bits per heavy atom. The maximum atomic E-state index is 11.5. The monoisotopic (exact) mass is 332 g/mol. The molecule has 0 aliphatic carbocycles. The Balaban J connectivity index is 1.89. The van der Waals surface area contributed by atoms with Crippen LogP contribution in [0.3, 0.4) is 0 Å². The third-order valence-corrected chi connectivity index (χ3v) is 3.98. The van der Waals surface area contributed by atoms with Gasteiger partial charge in [0.2, 0.25) is 0 Å². The molecule has 0 fully saturated rings. The molecule has 0 aromatic heterocycles. The Morgan fingerprint density at radius 2 is 1.76 bits per heavy atom. The highest BCUT2D eigenvalue weighted by molar-refractivity contribution is 5.92. The van der Waals surface area contributed by atoms with Crippen molar-refractivity contribution in [2.24, 2.45) is 0 Å². The lowest BCUT2D eigenvalue weighted by Crippen LogP contribution is -2.06. The van der Waals surface area contributed by atoms with Gasteiger partial charge >= 0.3 is 5.97 Å². The molecule has 0 aliphatic rings. The zero-order valence-corrected chi connectivity index (χ0v) is 14.4. The van der Waals surface area contributed by atoms with Crippen molar-refractivity contribution in [3.63, 3.8) is 0 Å². The number of benzene rings is 3. The minimum absolute atomic E-state index is 0.280. The zero-order valence-electron chi connectivity index (χ0n) is 14.4. The number of hydrogen-bond donors (Lipinski definition) is 0. The summed E-state index contributed by atoms with van der Waals surface area (Å²) in [4.78, 5) is 11.5. The van der Waals surface area contributed by atoms with Crippen LogP contribution in [0.15, 0.2) is 60.7 Å². The van der Waals surface area contributed by atoms with Crippen LogP contribution in [-0.4, -0.2) is 13.1 Å². The van der Waals surface area contributed by atoms with Crippen LogP contribution < -0.4 is 9.47 Å². The van der Waals surface area contributed by atoms with E-state index in [-0.39, 0.29) is 5.97 Å². The highest BCUT2D eigenvalue weighted by Crippen LogP contribution is 2.29. The van der Waals surface area contributed by atoms with Gasteiger partial charge in [0.15, 0.2) is 11.5 Å². The van der Waals surface area contributed by atoms with E-state index in [0.29, 0.717) is 17.9 Å². The molecule has 0 radical (unpaired) electrons. The molecule has 0 saturated carbocycles. The minimum Gasteiger partial charge on any atom is -0.493 e. The van der Waals surface area contributed by atoms with Crippen molar-refractivity contribution in [3.8, 4) is 11.5 Å². The molecule has 0 amide bonds. The summed E-state index contributed by atoms with van der Waals surface area (Å²) in [5.74, 6) is 0.705. The van der Waals surface area contributed by atoms with E-state index in [2.05, 4.69) is 36.4 Å². The summed E-state index contributed by atoms with van der Waals surface area (Å²) >= 11 is 0. The average molecular weight is 332 g/mol. The van der Waals surface area contributed by atoms with E-state index in [1.54, 1.807) is 20.1 Å². The molecular formula is C22H20O3. The standard InChI is InChI=1S/C22H20O3/c1-3-22(23)25-20-14-12-16(15-21(20)24-2)11-13-18-9-6-8-17-7-4-5-10-19(17)18/h4-15H,3H2,1-2H3/b13-11+. The molecule has 0 bridgehead atoms. The van der Waals surface area contributed by atoms with Crippen molar-refractivity contribution >= 4 is 28.9 Å². The van der Waals surface area contributed by atoms with E-state index in [0.717, 1.165) is 11.1 Å². The van der Waals surface area contributed by atoms with Crippen LogP contribution in [0.25, 0.3) is 22.9 Å². The van der Waals surface area contributed by atoms with Gasteiger partial charge in [-0.1, -0.05) is 67.6 Å². The van der Waals surface area contributed by atoms with E-state index in [1.165, 1.54) is 10.8 Å². The number of methoxy groups -OCH3 is 1. The lowest BCUT2D eigenvalue weighted by atomic mass is 10.0. The Labute approximate surface area is 147 Å². The fourth-order valence-electron chi connectivity index (χ4n) is 2.65. The molecule has 3 nitrogen and oxygen atoms in total. The van der Waals surface area contributed by atoms with Gasteiger partial charge in [-0.3, -0.25) is 4.79 Å². The van der Waals surface area contributed by atoms with E-state index in [4.69, 9.17) is 9.47 Å². The van der Waals surface area contributed by atoms with Crippen molar-refractivity contribution in [1.29, 1.82) is 0 Å². The van der Waals surface area contributed by atoms with Crippen molar-refractivity contribution in [1.82, 2.24) is 0 Å². The van der Waals surface area contributed by atoms with Gasteiger partial charge in [0.25, 0.3) is 0 Å². The van der Waals surface area contributed by atoms with Gasteiger partial charge in [0.1, 0.15) is 0 Å². The van der Waals surface area contributed by atoms with Crippen molar-refractivity contribution in [2.45, 2.75) is 13.3 Å².